The Morgan fingerprint density at radius 2 is 0.963 bits per heavy atom. The number of ketones is 1. The number of Topliss-reactive ketones (excluding diaryl/α,β-unsaturated/α-hetero) is 1. The molecule has 2 aliphatic heterocycles. The van der Waals surface area contributed by atoms with Crippen LogP contribution in [0.2, 0.25) is 0 Å². The molecule has 0 unspecified atom stereocenters. The molecule has 8 rings (SSSR count). The SMILES string of the molecule is CN[C@@H](C)C(=O)N[C@H](C(=O)N1C[C@@H](n2cc(CCC(=O)CCc3cn([C@H]4C[C@@H](C(=O)N[C@@H]5CCCc6ccccc65)N(C(=O)[C@@H](NC(=O)[C@H](C)NC)C(C)(C)C)C4)nn3)nn2)C[C@H]1C(=O)N[C@@H]1CCCc2ccccc21)C(C)(C)C.Cl.Cl. The van der Waals surface area contributed by atoms with Crippen molar-refractivity contribution in [3.63, 3.8) is 0 Å². The molecule has 2 aromatic carbocycles. The van der Waals surface area contributed by atoms with Gasteiger partial charge in [0.1, 0.15) is 30.0 Å². The highest BCUT2D eigenvalue weighted by Crippen LogP contribution is 2.36. The number of nitrogens with zero attached hydrogens (tertiary/aromatic N) is 8. The van der Waals surface area contributed by atoms with Gasteiger partial charge >= 0.3 is 0 Å². The summed E-state index contributed by atoms with van der Waals surface area (Å²) in [5.41, 5.74) is 4.38. The van der Waals surface area contributed by atoms with Crippen LogP contribution in [0.1, 0.15) is 165 Å². The van der Waals surface area contributed by atoms with E-state index in [0.29, 0.717) is 24.2 Å². The molecular weight excluding hydrogens is 1090 g/mol. The average Bonchev–Trinajstić information content (AvgIpc) is 4.48. The molecule has 82 heavy (non-hydrogen) atoms. The lowest BCUT2D eigenvalue weighted by Gasteiger charge is -2.36. The maximum atomic E-state index is 14.7. The van der Waals surface area contributed by atoms with Crippen molar-refractivity contribution in [1.29, 1.82) is 0 Å². The quantitative estimate of drug-likeness (QED) is 0.0696. The smallest absolute Gasteiger partial charge is 0.246 e. The van der Waals surface area contributed by atoms with Crippen molar-refractivity contribution < 1.29 is 33.6 Å². The second-order valence-corrected chi connectivity index (χ2v) is 24.7. The fraction of sp³-hybridized carbons (Fsp3) is 0.610. The van der Waals surface area contributed by atoms with Crippen LogP contribution in [0.5, 0.6) is 0 Å². The number of hydrogen-bond acceptors (Lipinski definition) is 13. The lowest BCUT2D eigenvalue weighted by molar-refractivity contribution is -0.144. The van der Waals surface area contributed by atoms with Crippen LogP contribution >= 0.6 is 24.8 Å². The first-order valence-corrected chi connectivity index (χ1v) is 28.7. The summed E-state index contributed by atoms with van der Waals surface area (Å²) in [5, 5.41) is 36.1. The van der Waals surface area contributed by atoms with E-state index in [2.05, 4.69) is 64.7 Å². The molecule has 0 radical (unpaired) electrons. The Kier molecular flexibility index (Phi) is 22.0. The standard InChI is InChI=1S/C59H84N14O7.2ClH/c1-35(60-9)52(75)64-50(58(3,4)5)56(79)70-33-41(29-48(70)54(77)62-46-23-15-19-37-17-11-13-21-44(37)46)72-31-39(66-68-72)25-27-43(74)28-26-40-32-73(69-67-40)42-30-49(55(78)63-47-24-16-20-38-18-12-14-22-45(38)47)71(34-42)57(80)51(59(6,7)8)65-53(76)36(2)61-10;;/h11-14,17-18,21-22,31-32,35-36,41-42,46-51,60-61H,15-16,19-20,23-30,33-34H2,1-10H3,(H,62,77)(H,63,78)(H,64,75)(H,65,76);2*1H/t35-,36-,41-,42-,46+,47+,48-,49-,50+,51+;;/m0../s1. The van der Waals surface area contributed by atoms with Crippen LogP contribution in [0.4, 0.5) is 0 Å². The minimum atomic E-state index is -0.919. The number of hydrogen-bond donors (Lipinski definition) is 6. The molecule has 0 spiro atoms. The summed E-state index contributed by atoms with van der Waals surface area (Å²) in [5.74, 6) is -1.91. The number of carbonyl (C=O) groups is 7. The normalized spacial score (nSPS) is 22.0. The summed E-state index contributed by atoms with van der Waals surface area (Å²) in [4.78, 5) is 101. The summed E-state index contributed by atoms with van der Waals surface area (Å²) in [6, 6.07) is 10.4. The number of carbonyl (C=O) groups excluding carboxylic acids is 7. The number of rotatable bonds is 20. The zero-order valence-electron chi connectivity index (χ0n) is 49.2. The number of aryl methyl sites for hydroxylation is 4. The molecule has 4 aromatic rings. The van der Waals surface area contributed by atoms with Crippen molar-refractivity contribution in [2.24, 2.45) is 10.8 Å². The molecule has 2 aromatic heterocycles. The molecule has 2 aliphatic carbocycles. The van der Waals surface area contributed by atoms with E-state index < -0.39 is 59.2 Å². The number of halogens is 2. The summed E-state index contributed by atoms with van der Waals surface area (Å²) >= 11 is 0. The van der Waals surface area contributed by atoms with Crippen LogP contribution in [0, 0.1) is 10.8 Å². The van der Waals surface area contributed by atoms with Gasteiger partial charge < -0.3 is 41.7 Å². The van der Waals surface area contributed by atoms with Gasteiger partial charge in [-0.25, -0.2) is 9.36 Å². The lowest BCUT2D eigenvalue weighted by atomic mass is 9.85. The topological polar surface area (TPSA) is 260 Å². The van der Waals surface area contributed by atoms with Gasteiger partial charge in [0, 0.05) is 51.2 Å². The first-order chi connectivity index (χ1) is 38.0. The van der Waals surface area contributed by atoms with Gasteiger partial charge in [-0.15, -0.1) is 35.0 Å². The zero-order valence-corrected chi connectivity index (χ0v) is 50.8. The number of aromatic nitrogens is 6. The number of likely N-dealkylation sites (N-methyl/N-ethyl adjacent to an activating group) is 2. The van der Waals surface area contributed by atoms with E-state index >= 15 is 0 Å². The molecule has 0 saturated carbocycles. The Labute approximate surface area is 494 Å². The Balaban J connectivity index is 0.00000541. The Hall–Kier alpha value is -6.29. The molecule has 10 atom stereocenters. The minimum absolute atomic E-state index is 0. The highest BCUT2D eigenvalue weighted by atomic mass is 35.5. The lowest BCUT2D eigenvalue weighted by Crippen LogP contribution is -2.59. The van der Waals surface area contributed by atoms with Gasteiger partial charge in [-0.05, 0) is 112 Å². The van der Waals surface area contributed by atoms with Crippen LogP contribution < -0.4 is 31.9 Å². The van der Waals surface area contributed by atoms with Crippen molar-refractivity contribution >= 4 is 66.0 Å². The fourth-order valence-corrected chi connectivity index (χ4v) is 11.6. The molecule has 4 aliphatic rings. The van der Waals surface area contributed by atoms with E-state index in [1.165, 1.54) is 11.1 Å². The third kappa shape index (κ3) is 15.3. The zero-order chi connectivity index (χ0) is 57.6. The number of amides is 6. The Morgan fingerprint density at radius 3 is 1.33 bits per heavy atom. The predicted molar refractivity (Wildman–Crippen MR) is 315 cm³/mol. The van der Waals surface area contributed by atoms with E-state index in [-0.39, 0.29) is 117 Å². The van der Waals surface area contributed by atoms with E-state index in [9.17, 15) is 33.6 Å². The number of likely N-dealkylation sites (tertiary alicyclic amines) is 2. The van der Waals surface area contributed by atoms with E-state index in [4.69, 9.17) is 0 Å². The number of fused-ring (bicyclic) bond motifs is 2. The van der Waals surface area contributed by atoms with E-state index in [0.717, 1.165) is 49.7 Å². The van der Waals surface area contributed by atoms with E-state index in [1.807, 2.05) is 77.9 Å². The summed E-state index contributed by atoms with van der Waals surface area (Å²) < 4.78 is 3.36. The predicted octanol–water partition coefficient (Wildman–Crippen LogP) is 4.80. The van der Waals surface area contributed by atoms with Crippen molar-refractivity contribution in [3.05, 3.63) is 94.6 Å². The van der Waals surface area contributed by atoms with E-state index in [1.54, 1.807) is 59.5 Å². The molecule has 6 N–H and O–H groups in total. The van der Waals surface area contributed by atoms with Crippen LogP contribution in [-0.2, 0) is 59.2 Å². The van der Waals surface area contributed by atoms with Crippen LogP contribution in [-0.4, -0.2) is 144 Å². The molecule has 2 fully saturated rings. The molecule has 6 amide bonds. The van der Waals surface area contributed by atoms with Crippen molar-refractivity contribution in [3.8, 4) is 0 Å². The molecule has 448 valence electrons. The third-order valence-electron chi connectivity index (χ3n) is 16.7. The largest absolute Gasteiger partial charge is 0.347 e. The van der Waals surface area contributed by atoms with Gasteiger partial charge in [0.25, 0.3) is 0 Å². The Morgan fingerprint density at radius 1 is 0.585 bits per heavy atom. The van der Waals surface area contributed by atoms with Crippen LogP contribution in [0.15, 0.2) is 60.9 Å². The van der Waals surface area contributed by atoms with Gasteiger partial charge in [-0.2, -0.15) is 0 Å². The van der Waals surface area contributed by atoms with Crippen molar-refractivity contribution in [2.75, 3.05) is 27.2 Å². The molecule has 2 saturated heterocycles. The first-order valence-electron chi connectivity index (χ1n) is 28.7. The third-order valence-corrected chi connectivity index (χ3v) is 16.7. The maximum Gasteiger partial charge on any atom is 0.246 e. The average molecular weight is 1170 g/mol. The van der Waals surface area contributed by atoms with Crippen molar-refractivity contribution in [1.82, 2.24) is 71.7 Å². The molecule has 21 nitrogen and oxygen atoms in total. The highest BCUT2D eigenvalue weighted by molar-refractivity contribution is 5.95. The fourth-order valence-electron chi connectivity index (χ4n) is 11.6. The minimum Gasteiger partial charge on any atom is -0.347 e. The van der Waals surface area contributed by atoms with Gasteiger partial charge in [0.15, 0.2) is 0 Å². The molecular formula is C59H86Cl2N14O7. The maximum absolute atomic E-state index is 14.7. The molecule has 4 heterocycles. The van der Waals surface area contributed by atoms with Gasteiger partial charge in [0.2, 0.25) is 35.4 Å². The second-order valence-electron chi connectivity index (χ2n) is 24.7. The highest BCUT2D eigenvalue weighted by Gasteiger charge is 2.48. The number of nitrogens with one attached hydrogen (secondary N) is 6. The van der Waals surface area contributed by atoms with Gasteiger partial charge in [0.05, 0.1) is 47.6 Å². The second kappa shape index (κ2) is 27.9. The monoisotopic (exact) mass is 1170 g/mol. The first kappa shape index (κ1) is 64.9. The van der Waals surface area contributed by atoms with Gasteiger partial charge in [-0.3, -0.25) is 33.6 Å². The summed E-state index contributed by atoms with van der Waals surface area (Å²) in [6.45, 7) is 15.1. The van der Waals surface area contributed by atoms with Crippen molar-refractivity contribution in [2.45, 2.75) is 193 Å². The van der Waals surface area contributed by atoms with Crippen LogP contribution in [0.3, 0.4) is 0 Å². The number of benzene rings is 2. The Bertz CT molecular complexity index is 2710. The van der Waals surface area contributed by atoms with Gasteiger partial charge in [-0.1, -0.05) is 101 Å². The summed E-state index contributed by atoms with van der Waals surface area (Å²) in [7, 11) is 3.36. The molecule has 23 heteroatoms. The summed E-state index contributed by atoms with van der Waals surface area (Å²) in [6.07, 6.45) is 10.4. The molecule has 0 bridgehead atoms. The van der Waals surface area contributed by atoms with Crippen LogP contribution in [0.25, 0.3) is 0 Å².